The largest absolute Gasteiger partial charge is 0.304 e. The van der Waals surface area contributed by atoms with Crippen LogP contribution in [0.4, 0.5) is 0 Å². The summed E-state index contributed by atoms with van der Waals surface area (Å²) in [6, 6.07) is 9.76. The van der Waals surface area contributed by atoms with Crippen molar-refractivity contribution in [1.82, 2.24) is 5.32 Å². The molecule has 1 aromatic carbocycles. The van der Waals surface area contributed by atoms with E-state index in [1.807, 2.05) is 37.3 Å². The fraction of sp³-hybridized carbons (Fsp3) is 0.273. The third-order valence-corrected chi connectivity index (χ3v) is 3.28. The molecule has 1 aliphatic heterocycles. The van der Waals surface area contributed by atoms with Gasteiger partial charge in [0.2, 0.25) is 5.91 Å². The SMILES string of the molecule is CCN=C1NC(=O)C(c2ccccc2)S1. The van der Waals surface area contributed by atoms with Gasteiger partial charge in [-0.2, -0.15) is 0 Å². The normalized spacial score (nSPS) is 23.1. The van der Waals surface area contributed by atoms with Gasteiger partial charge in [-0.15, -0.1) is 0 Å². The Hall–Kier alpha value is -1.29. The standard InChI is InChI=1S/C11H12N2OS/c1-2-12-11-13-10(14)9(15-11)8-6-4-3-5-7-8/h3-7,9H,2H2,1H3,(H,12,13,14). The minimum Gasteiger partial charge on any atom is -0.304 e. The molecule has 1 fully saturated rings. The molecule has 1 amide bonds. The number of carbonyl (C=O) groups is 1. The summed E-state index contributed by atoms with van der Waals surface area (Å²) in [5.41, 5.74) is 1.03. The van der Waals surface area contributed by atoms with E-state index < -0.39 is 0 Å². The smallest absolute Gasteiger partial charge is 0.244 e. The fourth-order valence-corrected chi connectivity index (χ4v) is 2.48. The van der Waals surface area contributed by atoms with Crippen molar-refractivity contribution in [2.45, 2.75) is 12.2 Å². The first-order valence-corrected chi connectivity index (χ1v) is 5.76. The zero-order valence-corrected chi connectivity index (χ0v) is 9.25. The van der Waals surface area contributed by atoms with Crippen molar-refractivity contribution < 1.29 is 4.79 Å². The summed E-state index contributed by atoms with van der Waals surface area (Å²) in [7, 11) is 0. The second-order valence-electron chi connectivity index (χ2n) is 3.18. The number of thioether (sulfide) groups is 1. The minimum absolute atomic E-state index is 0.0263. The van der Waals surface area contributed by atoms with Crippen LogP contribution in [0.15, 0.2) is 35.3 Å². The molecule has 1 unspecified atom stereocenters. The summed E-state index contributed by atoms with van der Waals surface area (Å²) >= 11 is 1.49. The number of amides is 1. The number of carbonyl (C=O) groups excluding carboxylic acids is 1. The first-order chi connectivity index (χ1) is 7.31. The van der Waals surface area contributed by atoms with Crippen LogP contribution in [-0.4, -0.2) is 17.6 Å². The van der Waals surface area contributed by atoms with Crippen molar-refractivity contribution in [3.8, 4) is 0 Å². The zero-order chi connectivity index (χ0) is 10.7. The topological polar surface area (TPSA) is 41.5 Å². The Morgan fingerprint density at radius 3 is 2.80 bits per heavy atom. The van der Waals surface area contributed by atoms with Crippen molar-refractivity contribution in [3.63, 3.8) is 0 Å². The maximum Gasteiger partial charge on any atom is 0.244 e. The lowest BCUT2D eigenvalue weighted by molar-refractivity contribution is -0.118. The molecule has 1 saturated heterocycles. The lowest BCUT2D eigenvalue weighted by Crippen LogP contribution is -2.21. The van der Waals surface area contributed by atoms with Crippen LogP contribution in [0.3, 0.4) is 0 Å². The van der Waals surface area contributed by atoms with Gasteiger partial charge in [0.25, 0.3) is 0 Å². The molecular weight excluding hydrogens is 208 g/mol. The first kappa shape index (κ1) is 10.2. The zero-order valence-electron chi connectivity index (χ0n) is 8.43. The minimum atomic E-state index is -0.142. The van der Waals surface area contributed by atoms with Crippen LogP contribution in [0, 0.1) is 0 Å². The molecule has 15 heavy (non-hydrogen) atoms. The van der Waals surface area contributed by atoms with Gasteiger partial charge >= 0.3 is 0 Å². The summed E-state index contributed by atoms with van der Waals surface area (Å²) in [5.74, 6) is 0.0263. The summed E-state index contributed by atoms with van der Waals surface area (Å²) in [6.07, 6.45) is 0. The van der Waals surface area contributed by atoms with Crippen molar-refractivity contribution in [3.05, 3.63) is 35.9 Å². The number of nitrogens with zero attached hydrogens (tertiary/aromatic N) is 1. The molecule has 0 aliphatic carbocycles. The van der Waals surface area contributed by atoms with E-state index in [2.05, 4.69) is 10.3 Å². The number of aliphatic imine (C=N–C) groups is 1. The highest BCUT2D eigenvalue weighted by Crippen LogP contribution is 2.33. The Morgan fingerprint density at radius 1 is 1.40 bits per heavy atom. The van der Waals surface area contributed by atoms with Gasteiger partial charge in [-0.3, -0.25) is 9.79 Å². The highest BCUT2D eigenvalue weighted by atomic mass is 32.2. The Bertz CT molecular complexity index is 389. The van der Waals surface area contributed by atoms with E-state index in [-0.39, 0.29) is 11.2 Å². The van der Waals surface area contributed by atoms with Crippen LogP contribution < -0.4 is 5.32 Å². The van der Waals surface area contributed by atoms with E-state index in [1.54, 1.807) is 0 Å². The Labute approximate surface area is 93.0 Å². The van der Waals surface area contributed by atoms with E-state index in [9.17, 15) is 4.79 Å². The van der Waals surface area contributed by atoms with Crippen LogP contribution >= 0.6 is 11.8 Å². The van der Waals surface area contributed by atoms with Gasteiger partial charge in [-0.05, 0) is 12.5 Å². The van der Waals surface area contributed by atoms with Gasteiger partial charge < -0.3 is 5.32 Å². The molecule has 0 aromatic heterocycles. The van der Waals surface area contributed by atoms with Crippen molar-refractivity contribution >= 4 is 22.8 Å². The summed E-state index contributed by atoms with van der Waals surface area (Å²) in [5, 5.41) is 3.37. The van der Waals surface area contributed by atoms with Crippen LogP contribution in [-0.2, 0) is 4.79 Å². The molecule has 3 nitrogen and oxygen atoms in total. The highest BCUT2D eigenvalue weighted by molar-refractivity contribution is 8.15. The van der Waals surface area contributed by atoms with Crippen molar-refractivity contribution in [1.29, 1.82) is 0 Å². The Balaban J connectivity index is 2.19. The molecule has 2 rings (SSSR count). The summed E-state index contributed by atoms with van der Waals surface area (Å²) in [4.78, 5) is 15.8. The molecule has 78 valence electrons. The molecule has 0 bridgehead atoms. The van der Waals surface area contributed by atoms with Gasteiger partial charge in [-0.1, -0.05) is 42.1 Å². The number of nitrogens with one attached hydrogen (secondary N) is 1. The summed E-state index contributed by atoms with van der Waals surface area (Å²) < 4.78 is 0. The predicted octanol–water partition coefficient (Wildman–Crippen LogP) is 1.97. The van der Waals surface area contributed by atoms with Crippen LogP contribution in [0.25, 0.3) is 0 Å². The molecule has 1 atom stereocenters. The van der Waals surface area contributed by atoms with Crippen molar-refractivity contribution in [2.75, 3.05) is 6.54 Å². The van der Waals surface area contributed by atoms with Gasteiger partial charge in [0, 0.05) is 6.54 Å². The van der Waals surface area contributed by atoms with Gasteiger partial charge in [0.05, 0.1) is 0 Å². The van der Waals surface area contributed by atoms with E-state index in [0.717, 1.165) is 10.7 Å². The molecule has 0 saturated carbocycles. The monoisotopic (exact) mass is 220 g/mol. The van der Waals surface area contributed by atoms with Crippen LogP contribution in [0.5, 0.6) is 0 Å². The quantitative estimate of drug-likeness (QED) is 0.828. The second kappa shape index (κ2) is 4.49. The Kier molecular flexibility index (Phi) is 3.06. The van der Waals surface area contributed by atoms with Gasteiger partial charge in [0.15, 0.2) is 5.17 Å². The van der Waals surface area contributed by atoms with Gasteiger partial charge in [0.1, 0.15) is 5.25 Å². The number of hydrogen-bond acceptors (Lipinski definition) is 3. The first-order valence-electron chi connectivity index (χ1n) is 4.88. The van der Waals surface area contributed by atoms with Crippen LogP contribution in [0.2, 0.25) is 0 Å². The predicted molar refractivity (Wildman–Crippen MR) is 62.9 cm³/mol. The Morgan fingerprint density at radius 2 is 2.13 bits per heavy atom. The molecule has 4 heteroatoms. The highest BCUT2D eigenvalue weighted by Gasteiger charge is 2.30. The van der Waals surface area contributed by atoms with E-state index in [4.69, 9.17) is 0 Å². The second-order valence-corrected chi connectivity index (χ2v) is 4.27. The van der Waals surface area contributed by atoms with Crippen LogP contribution in [0.1, 0.15) is 17.7 Å². The van der Waals surface area contributed by atoms with E-state index >= 15 is 0 Å². The molecule has 1 aliphatic rings. The molecular formula is C11H12N2OS. The van der Waals surface area contributed by atoms with E-state index in [1.165, 1.54) is 11.8 Å². The molecule has 0 spiro atoms. The summed E-state index contributed by atoms with van der Waals surface area (Å²) in [6.45, 7) is 2.65. The lowest BCUT2D eigenvalue weighted by atomic mass is 10.1. The molecule has 1 aromatic rings. The van der Waals surface area contributed by atoms with Gasteiger partial charge in [-0.25, -0.2) is 0 Å². The molecule has 0 radical (unpaired) electrons. The molecule has 1 heterocycles. The average Bonchev–Trinajstić information content (AvgIpc) is 2.61. The number of benzene rings is 1. The number of rotatable bonds is 2. The average molecular weight is 220 g/mol. The number of hydrogen-bond donors (Lipinski definition) is 1. The molecule has 1 N–H and O–H groups in total. The van der Waals surface area contributed by atoms with Crippen molar-refractivity contribution in [2.24, 2.45) is 4.99 Å². The maximum absolute atomic E-state index is 11.6. The fourth-order valence-electron chi connectivity index (χ4n) is 1.43. The number of amidine groups is 1. The lowest BCUT2D eigenvalue weighted by Gasteiger charge is -2.03. The third kappa shape index (κ3) is 2.21. The van der Waals surface area contributed by atoms with E-state index in [0.29, 0.717) is 6.54 Å². The third-order valence-electron chi connectivity index (χ3n) is 2.10. The maximum atomic E-state index is 11.6.